The van der Waals surface area contributed by atoms with E-state index < -0.39 is 0 Å². The van der Waals surface area contributed by atoms with Crippen molar-refractivity contribution in [2.24, 2.45) is 5.92 Å². The average molecular weight is 346 g/mol. The summed E-state index contributed by atoms with van der Waals surface area (Å²) in [5, 5.41) is 8.32. The molecule has 0 radical (unpaired) electrons. The van der Waals surface area contributed by atoms with Crippen LogP contribution in [0.2, 0.25) is 0 Å². The molecule has 1 aromatic rings. The smallest absolute Gasteiger partial charge is 0.321 e. The van der Waals surface area contributed by atoms with Crippen LogP contribution in [0, 0.1) is 5.92 Å². The van der Waals surface area contributed by atoms with Crippen molar-refractivity contribution in [2.75, 3.05) is 30.8 Å². The van der Waals surface area contributed by atoms with Crippen LogP contribution in [0.25, 0.3) is 0 Å². The molecule has 1 heterocycles. The van der Waals surface area contributed by atoms with Gasteiger partial charge in [-0.1, -0.05) is 13.0 Å². The van der Waals surface area contributed by atoms with Crippen LogP contribution in [0.15, 0.2) is 24.3 Å². The SMILES string of the molecule is CCCC(=O)Nc1cccc(NC(=O)N2CCC(C(=O)NC)CC2)c1. The Morgan fingerprint density at radius 1 is 1.12 bits per heavy atom. The molecule has 0 bridgehead atoms. The predicted octanol–water partition coefficient (Wildman–Crippen LogP) is 2.42. The average Bonchev–Trinajstić information content (AvgIpc) is 2.61. The van der Waals surface area contributed by atoms with Crippen molar-refractivity contribution in [3.8, 4) is 0 Å². The molecule has 0 spiro atoms. The number of piperidine rings is 1. The molecule has 1 aliphatic rings. The minimum absolute atomic E-state index is 0.0221. The first-order chi connectivity index (χ1) is 12.0. The zero-order valence-corrected chi connectivity index (χ0v) is 14.8. The minimum Gasteiger partial charge on any atom is -0.359 e. The number of nitrogens with zero attached hydrogens (tertiary/aromatic N) is 1. The summed E-state index contributed by atoms with van der Waals surface area (Å²) in [6, 6.07) is 6.91. The van der Waals surface area contributed by atoms with E-state index in [9.17, 15) is 14.4 Å². The van der Waals surface area contributed by atoms with E-state index in [4.69, 9.17) is 0 Å². The highest BCUT2D eigenvalue weighted by atomic mass is 16.2. The lowest BCUT2D eigenvalue weighted by molar-refractivity contribution is -0.125. The summed E-state index contributed by atoms with van der Waals surface area (Å²) in [7, 11) is 1.63. The van der Waals surface area contributed by atoms with Crippen molar-refractivity contribution < 1.29 is 14.4 Å². The molecule has 0 unspecified atom stereocenters. The van der Waals surface area contributed by atoms with Crippen LogP contribution in [0.1, 0.15) is 32.6 Å². The van der Waals surface area contributed by atoms with Crippen molar-refractivity contribution >= 4 is 29.2 Å². The molecule has 0 aliphatic carbocycles. The second-order valence-corrected chi connectivity index (χ2v) is 6.18. The first-order valence-electron chi connectivity index (χ1n) is 8.71. The van der Waals surface area contributed by atoms with Gasteiger partial charge in [-0.2, -0.15) is 0 Å². The summed E-state index contributed by atoms with van der Waals surface area (Å²) in [6.45, 7) is 3.05. The van der Waals surface area contributed by atoms with Crippen LogP contribution in [0.4, 0.5) is 16.2 Å². The number of anilines is 2. The number of carbonyl (C=O) groups is 3. The summed E-state index contributed by atoms with van der Waals surface area (Å²) in [5.74, 6) is -0.0241. The Balaban J connectivity index is 1.88. The van der Waals surface area contributed by atoms with Crippen LogP contribution in [0.5, 0.6) is 0 Å². The highest BCUT2D eigenvalue weighted by Crippen LogP contribution is 2.20. The summed E-state index contributed by atoms with van der Waals surface area (Å²) < 4.78 is 0. The van der Waals surface area contributed by atoms with Gasteiger partial charge in [0.1, 0.15) is 0 Å². The number of benzene rings is 1. The summed E-state index contributed by atoms with van der Waals surface area (Å²) >= 11 is 0. The van der Waals surface area contributed by atoms with E-state index in [1.165, 1.54) is 0 Å². The zero-order chi connectivity index (χ0) is 18.2. The number of urea groups is 1. The quantitative estimate of drug-likeness (QED) is 0.765. The van der Waals surface area contributed by atoms with E-state index >= 15 is 0 Å². The fourth-order valence-corrected chi connectivity index (χ4v) is 2.88. The zero-order valence-electron chi connectivity index (χ0n) is 14.8. The Bertz CT molecular complexity index is 625. The summed E-state index contributed by atoms with van der Waals surface area (Å²) in [5.41, 5.74) is 1.29. The van der Waals surface area contributed by atoms with Gasteiger partial charge in [-0.25, -0.2) is 4.79 Å². The normalized spacial score (nSPS) is 14.7. The van der Waals surface area contributed by atoms with Gasteiger partial charge < -0.3 is 20.9 Å². The topological polar surface area (TPSA) is 90.5 Å². The largest absolute Gasteiger partial charge is 0.359 e. The number of hydrogen-bond acceptors (Lipinski definition) is 3. The van der Waals surface area contributed by atoms with Gasteiger partial charge in [0.15, 0.2) is 0 Å². The molecular weight excluding hydrogens is 320 g/mol. The van der Waals surface area contributed by atoms with Gasteiger partial charge in [-0.15, -0.1) is 0 Å². The maximum Gasteiger partial charge on any atom is 0.321 e. The second-order valence-electron chi connectivity index (χ2n) is 6.18. The first-order valence-corrected chi connectivity index (χ1v) is 8.71. The molecule has 4 amide bonds. The van der Waals surface area contributed by atoms with Crippen molar-refractivity contribution in [3.63, 3.8) is 0 Å². The standard InChI is InChI=1S/C18H26N4O3/c1-3-5-16(23)20-14-6-4-7-15(12-14)21-18(25)22-10-8-13(9-11-22)17(24)19-2/h4,6-7,12-13H,3,5,8-11H2,1-2H3,(H,19,24)(H,20,23)(H,21,25). The van der Waals surface area contributed by atoms with Gasteiger partial charge in [0.2, 0.25) is 11.8 Å². The van der Waals surface area contributed by atoms with E-state index in [0.29, 0.717) is 43.7 Å². The molecule has 0 atom stereocenters. The molecule has 2 rings (SSSR count). The third-order valence-electron chi connectivity index (χ3n) is 4.27. The molecule has 1 aromatic carbocycles. The van der Waals surface area contributed by atoms with Crippen LogP contribution >= 0.6 is 0 Å². The molecule has 7 heteroatoms. The minimum atomic E-state index is -0.188. The van der Waals surface area contributed by atoms with Crippen molar-refractivity contribution in [1.29, 1.82) is 0 Å². The number of amides is 4. The third-order valence-corrected chi connectivity index (χ3v) is 4.27. The Hall–Kier alpha value is -2.57. The Morgan fingerprint density at radius 2 is 1.76 bits per heavy atom. The van der Waals surface area contributed by atoms with Crippen molar-refractivity contribution in [1.82, 2.24) is 10.2 Å². The highest BCUT2D eigenvalue weighted by molar-refractivity contribution is 5.93. The van der Waals surface area contributed by atoms with E-state index in [1.54, 1.807) is 36.2 Å². The number of rotatable bonds is 5. The van der Waals surface area contributed by atoms with Gasteiger partial charge in [0.25, 0.3) is 0 Å². The second kappa shape index (κ2) is 9.05. The maximum absolute atomic E-state index is 12.4. The predicted molar refractivity (Wildman–Crippen MR) is 97.4 cm³/mol. The molecule has 25 heavy (non-hydrogen) atoms. The molecule has 136 valence electrons. The number of hydrogen-bond donors (Lipinski definition) is 3. The monoisotopic (exact) mass is 346 g/mol. The molecule has 1 aliphatic heterocycles. The molecule has 0 saturated carbocycles. The lowest BCUT2D eigenvalue weighted by atomic mass is 9.96. The van der Waals surface area contributed by atoms with Crippen LogP contribution < -0.4 is 16.0 Å². The molecule has 0 aromatic heterocycles. The van der Waals surface area contributed by atoms with E-state index in [0.717, 1.165) is 6.42 Å². The fourth-order valence-electron chi connectivity index (χ4n) is 2.88. The number of carbonyl (C=O) groups excluding carboxylic acids is 3. The Morgan fingerprint density at radius 3 is 2.36 bits per heavy atom. The van der Waals surface area contributed by atoms with Crippen molar-refractivity contribution in [2.45, 2.75) is 32.6 Å². The molecule has 1 saturated heterocycles. The van der Waals surface area contributed by atoms with Gasteiger partial charge in [0.05, 0.1) is 0 Å². The Labute approximate surface area is 148 Å². The third kappa shape index (κ3) is 5.48. The molecule has 3 N–H and O–H groups in total. The lowest BCUT2D eigenvalue weighted by Crippen LogP contribution is -2.44. The summed E-state index contributed by atoms with van der Waals surface area (Å²) in [4.78, 5) is 37.4. The van der Waals surface area contributed by atoms with E-state index in [-0.39, 0.29) is 23.8 Å². The molecular formula is C18H26N4O3. The first kappa shape index (κ1) is 18.8. The van der Waals surface area contributed by atoms with Crippen LogP contribution in [0.3, 0.4) is 0 Å². The van der Waals surface area contributed by atoms with Crippen molar-refractivity contribution in [3.05, 3.63) is 24.3 Å². The van der Waals surface area contributed by atoms with E-state index in [1.807, 2.05) is 6.92 Å². The maximum atomic E-state index is 12.4. The lowest BCUT2D eigenvalue weighted by Gasteiger charge is -2.31. The van der Waals surface area contributed by atoms with E-state index in [2.05, 4.69) is 16.0 Å². The highest BCUT2D eigenvalue weighted by Gasteiger charge is 2.26. The van der Waals surface area contributed by atoms with Crippen LogP contribution in [-0.4, -0.2) is 42.9 Å². The van der Waals surface area contributed by atoms with Gasteiger partial charge >= 0.3 is 6.03 Å². The molecule has 7 nitrogen and oxygen atoms in total. The Kier molecular flexibility index (Phi) is 6.80. The fraction of sp³-hybridized carbons (Fsp3) is 0.500. The van der Waals surface area contributed by atoms with Gasteiger partial charge in [-0.05, 0) is 37.5 Å². The van der Waals surface area contributed by atoms with Crippen LogP contribution in [-0.2, 0) is 9.59 Å². The number of nitrogens with one attached hydrogen (secondary N) is 3. The molecule has 1 fully saturated rings. The number of likely N-dealkylation sites (tertiary alicyclic amines) is 1. The van der Waals surface area contributed by atoms with Gasteiger partial charge in [-0.3, -0.25) is 9.59 Å². The summed E-state index contributed by atoms with van der Waals surface area (Å²) in [6.07, 6.45) is 2.59. The van der Waals surface area contributed by atoms with Gasteiger partial charge in [0, 0.05) is 43.9 Å².